The van der Waals surface area contributed by atoms with E-state index < -0.39 is 0 Å². The zero-order chi connectivity index (χ0) is 13.1. The van der Waals surface area contributed by atoms with Crippen LogP contribution >= 0.6 is 0 Å². The quantitative estimate of drug-likeness (QED) is 0.776. The Morgan fingerprint density at radius 3 is 2.74 bits per heavy atom. The van der Waals surface area contributed by atoms with E-state index in [4.69, 9.17) is 9.47 Å². The first kappa shape index (κ1) is 12.5. The first-order chi connectivity index (χ1) is 9.33. The molecule has 0 spiro atoms. The fourth-order valence-electron chi connectivity index (χ4n) is 2.73. The zero-order valence-electron chi connectivity index (χ0n) is 11.0. The summed E-state index contributed by atoms with van der Waals surface area (Å²) in [6.45, 7) is 2.51. The zero-order valence-corrected chi connectivity index (χ0v) is 11.0. The van der Waals surface area contributed by atoms with Crippen molar-refractivity contribution in [1.82, 2.24) is 4.90 Å². The fraction of sp³-hybridized carbons (Fsp3) is 0.533. The van der Waals surface area contributed by atoms with Crippen molar-refractivity contribution in [2.75, 3.05) is 26.3 Å². The molecular formula is C15H19NO3. The third kappa shape index (κ3) is 2.89. The molecule has 1 aliphatic heterocycles. The summed E-state index contributed by atoms with van der Waals surface area (Å²) < 4.78 is 10.9. The van der Waals surface area contributed by atoms with Gasteiger partial charge in [-0.25, -0.2) is 4.79 Å². The molecule has 1 aliphatic carbocycles. The maximum atomic E-state index is 12.0. The summed E-state index contributed by atoms with van der Waals surface area (Å²) in [7, 11) is 0. The van der Waals surface area contributed by atoms with Gasteiger partial charge in [0.05, 0.1) is 13.2 Å². The van der Waals surface area contributed by atoms with Crippen molar-refractivity contribution in [2.45, 2.75) is 25.4 Å². The summed E-state index contributed by atoms with van der Waals surface area (Å²) >= 11 is 0. The van der Waals surface area contributed by atoms with Gasteiger partial charge in [-0.2, -0.15) is 0 Å². The summed E-state index contributed by atoms with van der Waals surface area (Å²) in [5.74, 6) is 0. The highest BCUT2D eigenvalue weighted by molar-refractivity contribution is 5.68. The van der Waals surface area contributed by atoms with Crippen molar-refractivity contribution < 1.29 is 14.3 Å². The molecule has 0 bridgehead atoms. The van der Waals surface area contributed by atoms with Crippen LogP contribution in [0.25, 0.3) is 0 Å². The first-order valence-electron chi connectivity index (χ1n) is 6.93. The van der Waals surface area contributed by atoms with Gasteiger partial charge in [0.2, 0.25) is 0 Å². The average molecular weight is 261 g/mol. The van der Waals surface area contributed by atoms with Crippen molar-refractivity contribution in [1.29, 1.82) is 0 Å². The predicted molar refractivity (Wildman–Crippen MR) is 71.1 cm³/mol. The molecule has 2 aliphatic rings. The van der Waals surface area contributed by atoms with Crippen LogP contribution in [0.3, 0.4) is 0 Å². The maximum absolute atomic E-state index is 12.0. The summed E-state index contributed by atoms with van der Waals surface area (Å²) in [6, 6.07) is 8.41. The molecule has 1 aromatic rings. The van der Waals surface area contributed by atoms with Crippen molar-refractivity contribution in [2.24, 2.45) is 0 Å². The summed E-state index contributed by atoms with van der Waals surface area (Å²) in [5.41, 5.74) is 2.70. The third-order valence-electron chi connectivity index (χ3n) is 3.84. The second-order valence-corrected chi connectivity index (χ2v) is 5.12. The SMILES string of the molecule is O=C(OC1CCc2ccccc2C1)N1CCOCC1. The van der Waals surface area contributed by atoms with Crippen molar-refractivity contribution in [3.05, 3.63) is 35.4 Å². The number of hydrogen-bond acceptors (Lipinski definition) is 3. The lowest BCUT2D eigenvalue weighted by Crippen LogP contribution is -2.43. The van der Waals surface area contributed by atoms with Crippen molar-refractivity contribution >= 4 is 6.09 Å². The van der Waals surface area contributed by atoms with Crippen LogP contribution in [0.5, 0.6) is 0 Å². The molecule has 0 radical (unpaired) electrons. The Bertz CT molecular complexity index is 454. The Morgan fingerprint density at radius 1 is 1.21 bits per heavy atom. The Morgan fingerprint density at radius 2 is 1.95 bits per heavy atom. The Balaban J connectivity index is 1.58. The number of rotatable bonds is 1. The number of carbonyl (C=O) groups excluding carboxylic acids is 1. The lowest BCUT2D eigenvalue weighted by atomic mass is 9.90. The molecule has 4 heteroatoms. The molecule has 1 saturated heterocycles. The number of fused-ring (bicyclic) bond motifs is 1. The number of aryl methyl sites for hydroxylation is 1. The number of morpholine rings is 1. The lowest BCUT2D eigenvalue weighted by Gasteiger charge is -2.30. The van der Waals surface area contributed by atoms with Gasteiger partial charge in [0.1, 0.15) is 6.10 Å². The van der Waals surface area contributed by atoms with E-state index in [-0.39, 0.29) is 12.2 Å². The second kappa shape index (κ2) is 5.61. The highest BCUT2D eigenvalue weighted by atomic mass is 16.6. The molecule has 4 nitrogen and oxygen atoms in total. The molecule has 0 aromatic heterocycles. The van der Waals surface area contributed by atoms with Gasteiger partial charge in [-0.05, 0) is 24.0 Å². The molecule has 0 saturated carbocycles. The molecular weight excluding hydrogens is 242 g/mol. The van der Waals surface area contributed by atoms with E-state index in [2.05, 4.69) is 18.2 Å². The molecule has 3 rings (SSSR count). The summed E-state index contributed by atoms with van der Waals surface area (Å²) in [4.78, 5) is 13.8. The highest BCUT2D eigenvalue weighted by Gasteiger charge is 2.25. The first-order valence-corrected chi connectivity index (χ1v) is 6.93. The molecule has 1 fully saturated rings. The minimum atomic E-state index is -0.187. The van der Waals surface area contributed by atoms with E-state index in [1.807, 2.05) is 6.07 Å². The van der Waals surface area contributed by atoms with Crippen LogP contribution in [0.4, 0.5) is 4.79 Å². The van der Waals surface area contributed by atoms with Gasteiger partial charge < -0.3 is 14.4 Å². The maximum Gasteiger partial charge on any atom is 0.410 e. The summed E-state index contributed by atoms with van der Waals surface area (Å²) in [5, 5.41) is 0. The van der Waals surface area contributed by atoms with E-state index in [1.165, 1.54) is 11.1 Å². The van der Waals surface area contributed by atoms with Gasteiger partial charge in [0, 0.05) is 19.5 Å². The van der Waals surface area contributed by atoms with Gasteiger partial charge in [-0.1, -0.05) is 24.3 Å². The predicted octanol–water partition coefficient (Wildman–Crippen LogP) is 2.01. The second-order valence-electron chi connectivity index (χ2n) is 5.12. The summed E-state index contributed by atoms with van der Waals surface area (Å²) in [6.07, 6.45) is 2.59. The van der Waals surface area contributed by atoms with Gasteiger partial charge in [0.25, 0.3) is 0 Å². The molecule has 102 valence electrons. The van der Waals surface area contributed by atoms with Crippen LogP contribution in [0.2, 0.25) is 0 Å². The van der Waals surface area contributed by atoms with E-state index in [9.17, 15) is 4.79 Å². The van der Waals surface area contributed by atoms with Crippen LogP contribution in [-0.4, -0.2) is 43.4 Å². The number of nitrogens with zero attached hydrogens (tertiary/aromatic N) is 1. The Kier molecular flexibility index (Phi) is 3.69. The minimum absolute atomic E-state index is 0.0187. The third-order valence-corrected chi connectivity index (χ3v) is 3.84. The topological polar surface area (TPSA) is 38.8 Å². The normalized spacial score (nSPS) is 22.7. The van der Waals surface area contributed by atoms with Gasteiger partial charge in [-0.3, -0.25) is 0 Å². The van der Waals surface area contributed by atoms with Crippen molar-refractivity contribution in [3.63, 3.8) is 0 Å². The van der Waals surface area contributed by atoms with E-state index in [0.717, 1.165) is 19.3 Å². The van der Waals surface area contributed by atoms with Crippen LogP contribution < -0.4 is 0 Å². The van der Waals surface area contributed by atoms with E-state index in [1.54, 1.807) is 4.90 Å². The molecule has 1 atom stereocenters. The molecule has 1 amide bonds. The van der Waals surface area contributed by atoms with E-state index >= 15 is 0 Å². The Labute approximate surface area is 113 Å². The standard InChI is InChI=1S/C15H19NO3/c17-15(16-7-9-18-10-8-16)19-14-6-5-12-3-1-2-4-13(12)11-14/h1-4,14H,5-11H2. The molecule has 19 heavy (non-hydrogen) atoms. The van der Waals surface area contributed by atoms with E-state index in [0.29, 0.717) is 26.3 Å². The van der Waals surface area contributed by atoms with Crippen LogP contribution in [0, 0.1) is 0 Å². The number of benzene rings is 1. The molecule has 1 heterocycles. The molecule has 1 aromatic carbocycles. The van der Waals surface area contributed by atoms with Gasteiger partial charge in [0.15, 0.2) is 0 Å². The largest absolute Gasteiger partial charge is 0.446 e. The minimum Gasteiger partial charge on any atom is -0.446 e. The number of hydrogen-bond donors (Lipinski definition) is 0. The smallest absolute Gasteiger partial charge is 0.410 e. The highest BCUT2D eigenvalue weighted by Crippen LogP contribution is 2.23. The number of ether oxygens (including phenoxy) is 2. The fourth-order valence-corrected chi connectivity index (χ4v) is 2.73. The van der Waals surface area contributed by atoms with Crippen LogP contribution in [0.15, 0.2) is 24.3 Å². The average Bonchev–Trinajstić information content (AvgIpc) is 2.48. The van der Waals surface area contributed by atoms with Crippen LogP contribution in [0.1, 0.15) is 17.5 Å². The van der Waals surface area contributed by atoms with Gasteiger partial charge >= 0.3 is 6.09 Å². The monoisotopic (exact) mass is 261 g/mol. The van der Waals surface area contributed by atoms with Gasteiger partial charge in [-0.15, -0.1) is 0 Å². The number of amides is 1. The Hall–Kier alpha value is -1.55. The van der Waals surface area contributed by atoms with Crippen LogP contribution in [-0.2, 0) is 22.3 Å². The molecule has 1 unspecified atom stereocenters. The van der Waals surface area contributed by atoms with Crippen molar-refractivity contribution in [3.8, 4) is 0 Å². The lowest BCUT2D eigenvalue weighted by molar-refractivity contribution is 0.0102. The number of carbonyl (C=O) groups is 1. The molecule has 0 N–H and O–H groups in total.